The summed E-state index contributed by atoms with van der Waals surface area (Å²) in [5.74, 6) is 0.205. The molecule has 0 aliphatic carbocycles. The average molecular weight is 242 g/mol. The summed E-state index contributed by atoms with van der Waals surface area (Å²) in [4.78, 5) is 19.1. The van der Waals surface area contributed by atoms with E-state index in [9.17, 15) is 4.79 Å². The summed E-state index contributed by atoms with van der Waals surface area (Å²) >= 11 is 0. The highest BCUT2D eigenvalue weighted by atomic mass is 16.5. The third-order valence-electron chi connectivity index (χ3n) is 2.58. The molecule has 0 unspecified atom stereocenters. The Morgan fingerprint density at radius 1 is 1.39 bits per heavy atom. The molecule has 2 N–H and O–H groups in total. The molecule has 6 nitrogen and oxygen atoms in total. The Labute approximate surface area is 102 Å². The van der Waals surface area contributed by atoms with Gasteiger partial charge in [-0.05, 0) is 19.1 Å². The maximum atomic E-state index is 11.9. The lowest BCUT2D eigenvalue weighted by atomic mass is 10.3. The van der Waals surface area contributed by atoms with E-state index in [0.717, 1.165) is 11.0 Å². The zero-order valence-electron chi connectivity index (χ0n) is 9.60. The molecule has 0 bridgehead atoms. The number of imidazole rings is 1. The number of carbonyl (C=O) groups is 1. The molecule has 6 heteroatoms. The van der Waals surface area contributed by atoms with Crippen molar-refractivity contribution in [1.29, 1.82) is 0 Å². The number of hydrogen-bond acceptors (Lipinski definition) is 4. The monoisotopic (exact) mass is 242 g/mol. The van der Waals surface area contributed by atoms with Crippen LogP contribution in [0.2, 0.25) is 0 Å². The minimum absolute atomic E-state index is 0.190. The molecule has 3 rings (SSSR count). The topological polar surface area (TPSA) is 83.8 Å². The Kier molecular flexibility index (Phi) is 2.33. The van der Waals surface area contributed by atoms with Crippen molar-refractivity contribution in [3.63, 3.8) is 0 Å². The summed E-state index contributed by atoms with van der Waals surface area (Å²) in [7, 11) is 0. The predicted molar refractivity (Wildman–Crippen MR) is 65.3 cm³/mol. The van der Waals surface area contributed by atoms with Crippen LogP contribution in [0.1, 0.15) is 16.1 Å². The highest BCUT2D eigenvalue weighted by Crippen LogP contribution is 2.14. The summed E-state index contributed by atoms with van der Waals surface area (Å²) in [5.41, 5.74) is 2.34. The van der Waals surface area contributed by atoms with Gasteiger partial charge in [-0.2, -0.15) is 0 Å². The lowest BCUT2D eigenvalue weighted by Crippen LogP contribution is -2.13. The van der Waals surface area contributed by atoms with Gasteiger partial charge in [0.1, 0.15) is 0 Å². The Balaban J connectivity index is 1.88. The molecule has 2 heterocycles. The smallest absolute Gasteiger partial charge is 0.296 e. The van der Waals surface area contributed by atoms with Crippen LogP contribution in [-0.2, 0) is 0 Å². The third-order valence-corrected chi connectivity index (χ3v) is 2.58. The van der Waals surface area contributed by atoms with Crippen molar-refractivity contribution in [3.8, 4) is 0 Å². The number of H-pyrrole nitrogens is 1. The first-order chi connectivity index (χ1) is 8.74. The van der Waals surface area contributed by atoms with Crippen molar-refractivity contribution < 1.29 is 9.32 Å². The van der Waals surface area contributed by atoms with Gasteiger partial charge >= 0.3 is 0 Å². The molecule has 18 heavy (non-hydrogen) atoms. The fraction of sp³-hybridized carbons (Fsp3) is 0.0833. The van der Waals surface area contributed by atoms with E-state index in [0.29, 0.717) is 11.5 Å². The number of aromatic amines is 1. The van der Waals surface area contributed by atoms with Crippen molar-refractivity contribution in [3.05, 3.63) is 41.8 Å². The number of fused-ring (bicyclic) bond motifs is 1. The lowest BCUT2D eigenvalue weighted by molar-refractivity contribution is 0.0986. The van der Waals surface area contributed by atoms with E-state index in [2.05, 4.69) is 20.4 Å². The highest BCUT2D eigenvalue weighted by Gasteiger charge is 2.15. The van der Waals surface area contributed by atoms with Crippen molar-refractivity contribution in [2.75, 3.05) is 5.32 Å². The van der Waals surface area contributed by atoms with Gasteiger partial charge in [-0.15, -0.1) is 0 Å². The van der Waals surface area contributed by atoms with E-state index in [1.807, 2.05) is 24.3 Å². The summed E-state index contributed by atoms with van der Waals surface area (Å²) < 4.78 is 4.87. The molecule has 2 aromatic heterocycles. The summed E-state index contributed by atoms with van der Waals surface area (Å²) in [6, 6.07) is 7.53. The Hall–Kier alpha value is -2.63. The second-order valence-corrected chi connectivity index (χ2v) is 3.89. The molecule has 0 saturated heterocycles. The van der Waals surface area contributed by atoms with Crippen molar-refractivity contribution in [2.45, 2.75) is 6.92 Å². The Morgan fingerprint density at radius 3 is 2.94 bits per heavy atom. The molecule has 0 saturated carbocycles. The van der Waals surface area contributed by atoms with Gasteiger partial charge in [-0.1, -0.05) is 17.3 Å². The number of nitrogens with zero attached hydrogens (tertiary/aromatic N) is 2. The summed E-state index contributed by atoms with van der Waals surface area (Å²) in [6.07, 6.45) is 1.49. The zero-order chi connectivity index (χ0) is 12.5. The second kappa shape index (κ2) is 3.99. The zero-order valence-corrected chi connectivity index (χ0v) is 9.60. The molecule has 3 aromatic rings. The number of amides is 1. The molecule has 1 amide bonds. The molecule has 0 fully saturated rings. The number of nitrogens with one attached hydrogen (secondary N) is 2. The van der Waals surface area contributed by atoms with E-state index in [1.54, 1.807) is 6.92 Å². The number of benzene rings is 1. The first-order valence-electron chi connectivity index (χ1n) is 5.41. The quantitative estimate of drug-likeness (QED) is 0.720. The van der Waals surface area contributed by atoms with Crippen LogP contribution in [0.4, 0.5) is 5.95 Å². The van der Waals surface area contributed by atoms with Gasteiger partial charge in [-0.25, -0.2) is 4.98 Å². The van der Waals surface area contributed by atoms with Crippen LogP contribution >= 0.6 is 0 Å². The van der Waals surface area contributed by atoms with Crippen LogP contribution in [-0.4, -0.2) is 21.0 Å². The first kappa shape index (κ1) is 10.5. The van der Waals surface area contributed by atoms with E-state index < -0.39 is 0 Å². The minimum Gasteiger partial charge on any atom is -0.351 e. The first-order valence-corrected chi connectivity index (χ1v) is 5.41. The second-order valence-electron chi connectivity index (χ2n) is 3.89. The van der Waals surface area contributed by atoms with Crippen LogP contribution in [0.15, 0.2) is 35.0 Å². The Morgan fingerprint density at radius 2 is 2.22 bits per heavy atom. The van der Waals surface area contributed by atoms with Gasteiger partial charge in [0.05, 0.1) is 17.2 Å². The fourth-order valence-electron chi connectivity index (χ4n) is 1.69. The maximum Gasteiger partial charge on any atom is 0.296 e. The molecule has 0 spiro atoms. The highest BCUT2D eigenvalue weighted by molar-refractivity contribution is 6.02. The molecule has 0 atom stereocenters. The summed E-state index contributed by atoms with van der Waals surface area (Å²) in [6.45, 7) is 1.75. The fourth-order valence-corrected chi connectivity index (χ4v) is 1.69. The third kappa shape index (κ3) is 1.73. The normalized spacial score (nSPS) is 10.7. The number of aryl methyl sites for hydroxylation is 1. The van der Waals surface area contributed by atoms with Gasteiger partial charge < -0.3 is 9.51 Å². The number of hydrogen-bond donors (Lipinski definition) is 2. The lowest BCUT2D eigenvalue weighted by Gasteiger charge is -1.97. The van der Waals surface area contributed by atoms with Gasteiger partial charge in [0.15, 0.2) is 0 Å². The molecule has 1 aromatic carbocycles. The van der Waals surface area contributed by atoms with Crippen LogP contribution in [0.5, 0.6) is 0 Å². The van der Waals surface area contributed by atoms with Crippen LogP contribution in [0, 0.1) is 6.92 Å². The predicted octanol–water partition coefficient (Wildman–Crippen LogP) is 2.11. The molecular weight excluding hydrogens is 232 g/mol. The molecule has 90 valence electrons. The number of anilines is 1. The number of carbonyl (C=O) groups excluding carboxylic acids is 1. The number of para-hydroxylation sites is 2. The van der Waals surface area contributed by atoms with Gasteiger partial charge in [0, 0.05) is 5.56 Å². The molecule has 0 radical (unpaired) electrons. The number of aromatic nitrogens is 3. The SMILES string of the molecule is Cc1cnoc1C(=O)Nc1nc2ccccc2[nH]1. The largest absolute Gasteiger partial charge is 0.351 e. The van der Waals surface area contributed by atoms with E-state index in [4.69, 9.17) is 4.52 Å². The molecule has 0 aliphatic rings. The maximum absolute atomic E-state index is 11.9. The molecular formula is C12H10N4O2. The molecule has 0 aliphatic heterocycles. The van der Waals surface area contributed by atoms with Gasteiger partial charge in [-0.3, -0.25) is 10.1 Å². The van der Waals surface area contributed by atoms with Crippen molar-refractivity contribution in [1.82, 2.24) is 15.1 Å². The van der Waals surface area contributed by atoms with Gasteiger partial charge in [0.25, 0.3) is 5.91 Å². The number of rotatable bonds is 2. The van der Waals surface area contributed by atoms with Crippen molar-refractivity contribution >= 4 is 22.9 Å². The van der Waals surface area contributed by atoms with Crippen LogP contribution < -0.4 is 5.32 Å². The summed E-state index contributed by atoms with van der Waals surface area (Å²) in [5, 5.41) is 6.20. The van der Waals surface area contributed by atoms with Crippen LogP contribution in [0.25, 0.3) is 11.0 Å². The van der Waals surface area contributed by atoms with E-state index >= 15 is 0 Å². The van der Waals surface area contributed by atoms with Gasteiger partial charge in [0.2, 0.25) is 11.7 Å². The van der Waals surface area contributed by atoms with Crippen LogP contribution in [0.3, 0.4) is 0 Å². The Bertz CT molecular complexity index is 681. The minimum atomic E-state index is -0.371. The van der Waals surface area contributed by atoms with E-state index in [-0.39, 0.29) is 11.7 Å². The standard InChI is InChI=1S/C12H10N4O2/c1-7-6-13-18-10(7)11(17)16-12-14-8-4-2-3-5-9(8)15-12/h2-6H,1H3,(H2,14,15,16,17). The van der Waals surface area contributed by atoms with E-state index in [1.165, 1.54) is 6.20 Å². The average Bonchev–Trinajstić information content (AvgIpc) is 2.94. The van der Waals surface area contributed by atoms with Crippen molar-refractivity contribution in [2.24, 2.45) is 0 Å².